The summed E-state index contributed by atoms with van der Waals surface area (Å²) < 4.78 is 5.55. The molecule has 5 nitrogen and oxygen atoms in total. The van der Waals surface area contributed by atoms with Gasteiger partial charge in [0.05, 0.1) is 22.4 Å². The minimum atomic E-state index is -0.367. The summed E-state index contributed by atoms with van der Waals surface area (Å²) in [6, 6.07) is 8.33. The van der Waals surface area contributed by atoms with Gasteiger partial charge >= 0.3 is 0 Å². The van der Waals surface area contributed by atoms with Crippen molar-refractivity contribution in [3.8, 4) is 5.88 Å². The third kappa shape index (κ3) is 3.64. The molecule has 2 aromatic rings. The maximum absolute atomic E-state index is 12.3. The summed E-state index contributed by atoms with van der Waals surface area (Å²) in [5, 5.41) is 2.96. The smallest absolute Gasteiger partial charge is 0.257 e. The van der Waals surface area contributed by atoms with Crippen molar-refractivity contribution < 1.29 is 9.53 Å². The Bertz CT molecular complexity index is 659. The number of hydrogen-bond donors (Lipinski definition) is 2. The third-order valence-corrected chi connectivity index (χ3v) is 3.06. The van der Waals surface area contributed by atoms with E-state index in [4.69, 9.17) is 22.1 Å². The van der Waals surface area contributed by atoms with E-state index in [0.29, 0.717) is 22.8 Å². The Hall–Kier alpha value is -2.27. The summed E-state index contributed by atoms with van der Waals surface area (Å²) in [4.78, 5) is 16.4. The zero-order valence-corrected chi connectivity index (χ0v) is 12.5. The van der Waals surface area contributed by atoms with Crippen LogP contribution in [-0.2, 0) is 0 Å². The van der Waals surface area contributed by atoms with Gasteiger partial charge in [-0.15, -0.1) is 0 Å². The molecule has 0 saturated carbocycles. The highest BCUT2D eigenvalue weighted by molar-refractivity contribution is 6.36. The SMILES string of the molecule is CC(C)Oc1ncccc1NC(=O)c1cccc(N)c1Cl. The van der Waals surface area contributed by atoms with Gasteiger partial charge in [0.1, 0.15) is 5.69 Å². The van der Waals surface area contributed by atoms with Crippen molar-refractivity contribution in [3.63, 3.8) is 0 Å². The first-order chi connectivity index (χ1) is 9.99. The molecule has 21 heavy (non-hydrogen) atoms. The monoisotopic (exact) mass is 305 g/mol. The van der Waals surface area contributed by atoms with E-state index in [1.165, 1.54) is 0 Å². The lowest BCUT2D eigenvalue weighted by molar-refractivity contribution is 0.102. The van der Waals surface area contributed by atoms with Crippen molar-refractivity contribution in [2.45, 2.75) is 20.0 Å². The fraction of sp³-hybridized carbons (Fsp3) is 0.200. The number of pyridine rings is 1. The molecule has 3 N–H and O–H groups in total. The fourth-order valence-corrected chi connectivity index (χ4v) is 1.93. The number of hydrogen-bond acceptors (Lipinski definition) is 4. The topological polar surface area (TPSA) is 77.2 Å². The number of halogens is 1. The normalized spacial score (nSPS) is 10.5. The van der Waals surface area contributed by atoms with Crippen LogP contribution >= 0.6 is 11.6 Å². The lowest BCUT2D eigenvalue weighted by Crippen LogP contribution is -2.16. The second-order valence-corrected chi connectivity index (χ2v) is 5.06. The second kappa shape index (κ2) is 6.45. The number of carbonyl (C=O) groups excluding carboxylic acids is 1. The quantitative estimate of drug-likeness (QED) is 0.849. The number of ether oxygens (including phenoxy) is 1. The largest absolute Gasteiger partial charge is 0.473 e. The van der Waals surface area contributed by atoms with Crippen LogP contribution in [0.2, 0.25) is 5.02 Å². The molecule has 0 fully saturated rings. The number of nitrogen functional groups attached to an aromatic ring is 1. The van der Waals surface area contributed by atoms with Gasteiger partial charge in [-0.25, -0.2) is 4.98 Å². The van der Waals surface area contributed by atoms with E-state index in [-0.39, 0.29) is 17.0 Å². The van der Waals surface area contributed by atoms with E-state index in [1.807, 2.05) is 13.8 Å². The first kappa shape index (κ1) is 15.1. The van der Waals surface area contributed by atoms with E-state index < -0.39 is 0 Å². The fourth-order valence-electron chi connectivity index (χ4n) is 1.72. The molecule has 0 saturated heterocycles. The van der Waals surface area contributed by atoms with Gasteiger partial charge in [-0.3, -0.25) is 4.79 Å². The van der Waals surface area contributed by atoms with E-state index in [2.05, 4.69) is 10.3 Å². The summed E-state index contributed by atoms with van der Waals surface area (Å²) in [6.45, 7) is 3.77. The molecule has 6 heteroatoms. The molecule has 0 unspecified atom stereocenters. The number of nitrogens with one attached hydrogen (secondary N) is 1. The molecular formula is C15H16ClN3O2. The summed E-state index contributed by atoms with van der Waals surface area (Å²) in [5.41, 5.74) is 6.84. The van der Waals surface area contributed by atoms with Gasteiger partial charge < -0.3 is 15.8 Å². The lowest BCUT2D eigenvalue weighted by atomic mass is 10.2. The van der Waals surface area contributed by atoms with Gasteiger partial charge in [0.2, 0.25) is 5.88 Å². The number of aromatic nitrogens is 1. The number of nitrogens with zero attached hydrogens (tertiary/aromatic N) is 1. The van der Waals surface area contributed by atoms with Crippen molar-refractivity contribution >= 4 is 28.9 Å². The van der Waals surface area contributed by atoms with Crippen molar-refractivity contribution in [3.05, 3.63) is 47.1 Å². The van der Waals surface area contributed by atoms with E-state index in [0.717, 1.165) is 0 Å². The molecular weight excluding hydrogens is 290 g/mol. The Kier molecular flexibility index (Phi) is 4.65. The number of rotatable bonds is 4. The first-order valence-corrected chi connectivity index (χ1v) is 6.84. The zero-order chi connectivity index (χ0) is 15.4. The minimum Gasteiger partial charge on any atom is -0.473 e. The van der Waals surface area contributed by atoms with E-state index in [1.54, 1.807) is 36.5 Å². The molecule has 2 rings (SSSR count). The average Bonchev–Trinajstić information content (AvgIpc) is 2.43. The minimum absolute atomic E-state index is 0.0495. The van der Waals surface area contributed by atoms with E-state index in [9.17, 15) is 4.79 Å². The Balaban J connectivity index is 2.26. The summed E-state index contributed by atoms with van der Waals surface area (Å²) in [7, 11) is 0. The van der Waals surface area contributed by atoms with Crippen LogP contribution in [0.25, 0.3) is 0 Å². The van der Waals surface area contributed by atoms with Crippen LogP contribution in [0.5, 0.6) is 5.88 Å². The molecule has 0 atom stereocenters. The van der Waals surface area contributed by atoms with Crippen LogP contribution in [0.1, 0.15) is 24.2 Å². The number of nitrogens with two attached hydrogens (primary N) is 1. The standard InChI is InChI=1S/C15H16ClN3O2/c1-9(2)21-15-12(7-4-8-18-15)19-14(20)10-5-3-6-11(17)13(10)16/h3-9H,17H2,1-2H3,(H,19,20). The molecule has 0 spiro atoms. The number of amides is 1. The molecule has 0 radical (unpaired) electrons. The van der Waals surface area contributed by atoms with Gasteiger partial charge in [0, 0.05) is 6.20 Å². The van der Waals surface area contributed by atoms with Crippen LogP contribution in [0.4, 0.5) is 11.4 Å². The van der Waals surface area contributed by atoms with Crippen LogP contribution in [0.3, 0.4) is 0 Å². The molecule has 1 amide bonds. The van der Waals surface area contributed by atoms with Crippen LogP contribution in [0, 0.1) is 0 Å². The van der Waals surface area contributed by atoms with Gasteiger partial charge in [0.15, 0.2) is 0 Å². The van der Waals surface area contributed by atoms with Crippen molar-refractivity contribution in [2.24, 2.45) is 0 Å². The van der Waals surface area contributed by atoms with Gasteiger partial charge in [0.25, 0.3) is 5.91 Å². The maximum atomic E-state index is 12.3. The number of benzene rings is 1. The van der Waals surface area contributed by atoms with Crippen molar-refractivity contribution in [1.29, 1.82) is 0 Å². The van der Waals surface area contributed by atoms with Gasteiger partial charge in [-0.05, 0) is 38.1 Å². The zero-order valence-electron chi connectivity index (χ0n) is 11.8. The summed E-state index contributed by atoms with van der Waals surface area (Å²) in [6.07, 6.45) is 1.55. The Morgan fingerprint density at radius 1 is 1.33 bits per heavy atom. The Morgan fingerprint density at radius 2 is 2.10 bits per heavy atom. The highest BCUT2D eigenvalue weighted by Crippen LogP contribution is 2.26. The Labute approximate surface area is 128 Å². The molecule has 1 heterocycles. The molecule has 1 aromatic heterocycles. The molecule has 0 bridgehead atoms. The van der Waals surface area contributed by atoms with Crippen molar-refractivity contribution in [2.75, 3.05) is 11.1 Å². The number of anilines is 2. The van der Waals surface area contributed by atoms with Crippen LogP contribution in [0.15, 0.2) is 36.5 Å². The van der Waals surface area contributed by atoms with E-state index >= 15 is 0 Å². The second-order valence-electron chi connectivity index (χ2n) is 4.69. The molecule has 0 aliphatic rings. The predicted octanol–water partition coefficient (Wildman–Crippen LogP) is 3.36. The first-order valence-electron chi connectivity index (χ1n) is 6.46. The van der Waals surface area contributed by atoms with Crippen molar-refractivity contribution in [1.82, 2.24) is 4.98 Å². The van der Waals surface area contributed by atoms with Gasteiger partial charge in [-0.2, -0.15) is 0 Å². The predicted molar refractivity (Wildman–Crippen MR) is 83.8 cm³/mol. The third-order valence-electron chi connectivity index (χ3n) is 2.64. The molecule has 110 valence electrons. The molecule has 0 aliphatic carbocycles. The van der Waals surface area contributed by atoms with Crippen LogP contribution in [-0.4, -0.2) is 17.0 Å². The number of carbonyl (C=O) groups is 1. The summed E-state index contributed by atoms with van der Waals surface area (Å²) >= 11 is 6.05. The highest BCUT2D eigenvalue weighted by Gasteiger charge is 2.15. The average molecular weight is 306 g/mol. The maximum Gasteiger partial charge on any atom is 0.257 e. The molecule has 0 aliphatic heterocycles. The Morgan fingerprint density at radius 3 is 2.81 bits per heavy atom. The summed E-state index contributed by atoms with van der Waals surface area (Å²) in [5.74, 6) is -0.00483. The molecule has 1 aromatic carbocycles. The highest BCUT2D eigenvalue weighted by atomic mass is 35.5. The lowest BCUT2D eigenvalue weighted by Gasteiger charge is -2.14. The van der Waals surface area contributed by atoms with Crippen LogP contribution < -0.4 is 15.8 Å². The van der Waals surface area contributed by atoms with Gasteiger partial charge in [-0.1, -0.05) is 17.7 Å².